The van der Waals surface area contributed by atoms with E-state index in [-0.39, 0.29) is 5.56 Å². The predicted octanol–water partition coefficient (Wildman–Crippen LogP) is 2.20. The summed E-state index contributed by atoms with van der Waals surface area (Å²) in [7, 11) is 0. The van der Waals surface area contributed by atoms with Crippen molar-refractivity contribution < 1.29 is 32.6 Å². The normalized spacial score (nSPS) is 15.3. The van der Waals surface area contributed by atoms with Crippen molar-refractivity contribution in [1.29, 1.82) is 0 Å². The van der Waals surface area contributed by atoms with Crippen LogP contribution in [-0.2, 0) is 10.4 Å². The Bertz CT molecular complexity index is 497. The number of hydrogen-bond acceptors (Lipinski definition) is 2. The predicted molar refractivity (Wildman–Crippen MR) is 53.2 cm³/mol. The lowest BCUT2D eigenvalue weighted by molar-refractivity contribution is -0.207. The van der Waals surface area contributed by atoms with Crippen LogP contribution in [0.2, 0.25) is 0 Å². The largest absolute Gasteiger partial charge is 0.477 e. The quantitative estimate of drug-likeness (QED) is 0.824. The highest BCUT2D eigenvalue weighted by atomic mass is 19.3. The molecule has 1 aromatic rings. The number of carbonyl (C=O) groups is 1. The molecular formula is C11H10F4O3. The van der Waals surface area contributed by atoms with Crippen molar-refractivity contribution in [3.05, 3.63) is 34.9 Å². The van der Waals surface area contributed by atoms with Gasteiger partial charge in [0.1, 0.15) is 11.6 Å². The number of aliphatic carboxylic acids is 1. The molecule has 18 heavy (non-hydrogen) atoms. The summed E-state index contributed by atoms with van der Waals surface area (Å²) in [6.45, 7) is 1.61. The van der Waals surface area contributed by atoms with Gasteiger partial charge < -0.3 is 10.2 Å². The first-order chi connectivity index (χ1) is 8.01. The van der Waals surface area contributed by atoms with E-state index in [9.17, 15) is 27.5 Å². The van der Waals surface area contributed by atoms with Gasteiger partial charge in [-0.2, -0.15) is 8.78 Å². The molecule has 0 bridgehead atoms. The minimum atomic E-state index is -4.66. The molecule has 1 unspecified atom stereocenters. The van der Waals surface area contributed by atoms with Crippen molar-refractivity contribution in [3.8, 4) is 0 Å². The van der Waals surface area contributed by atoms with Crippen LogP contribution >= 0.6 is 0 Å². The molecule has 0 radical (unpaired) electrons. The maximum atomic E-state index is 13.5. The van der Waals surface area contributed by atoms with E-state index in [2.05, 4.69) is 0 Å². The third kappa shape index (κ3) is 2.05. The lowest BCUT2D eigenvalue weighted by atomic mass is 9.88. The zero-order chi connectivity index (χ0) is 14.3. The van der Waals surface area contributed by atoms with Crippen molar-refractivity contribution in [2.45, 2.75) is 25.4 Å². The molecule has 2 N–H and O–H groups in total. The highest BCUT2D eigenvalue weighted by Gasteiger charge is 2.58. The Hall–Kier alpha value is -1.63. The Morgan fingerprint density at radius 2 is 1.72 bits per heavy atom. The number of hydrogen-bond donors (Lipinski definition) is 2. The molecule has 1 rings (SSSR count). The third-order valence-corrected chi connectivity index (χ3v) is 2.65. The van der Waals surface area contributed by atoms with Gasteiger partial charge in [0.05, 0.1) is 0 Å². The molecule has 100 valence electrons. The number of carboxylic acids is 1. The average Bonchev–Trinajstić information content (AvgIpc) is 2.22. The molecule has 7 heteroatoms. The Morgan fingerprint density at radius 1 is 1.22 bits per heavy atom. The van der Waals surface area contributed by atoms with Crippen LogP contribution in [-0.4, -0.2) is 22.1 Å². The average molecular weight is 266 g/mol. The van der Waals surface area contributed by atoms with Crippen LogP contribution in [0.5, 0.6) is 0 Å². The van der Waals surface area contributed by atoms with Gasteiger partial charge in [0.15, 0.2) is 5.60 Å². The van der Waals surface area contributed by atoms with Gasteiger partial charge in [0, 0.05) is 5.56 Å². The number of aliphatic hydroxyl groups is 1. The zero-order valence-corrected chi connectivity index (χ0v) is 9.47. The molecule has 0 aromatic heterocycles. The summed E-state index contributed by atoms with van der Waals surface area (Å²) in [4.78, 5) is 10.4. The van der Waals surface area contributed by atoms with Gasteiger partial charge in [-0.1, -0.05) is 0 Å². The molecule has 0 spiro atoms. The SMILES string of the molecule is Cc1cc(F)c(C(C)(O)C(F)(F)C(=O)O)cc1F. The van der Waals surface area contributed by atoms with Gasteiger partial charge in [-0.05, 0) is 31.5 Å². The minimum Gasteiger partial charge on any atom is -0.477 e. The first kappa shape index (κ1) is 14.4. The van der Waals surface area contributed by atoms with Gasteiger partial charge in [-0.25, -0.2) is 13.6 Å². The summed E-state index contributed by atoms with van der Waals surface area (Å²) in [5.41, 5.74) is -4.62. The van der Waals surface area contributed by atoms with E-state index in [1.807, 2.05) is 0 Å². The first-order valence-electron chi connectivity index (χ1n) is 4.81. The number of halogens is 4. The molecule has 0 saturated carbocycles. The molecule has 0 amide bonds. The Balaban J connectivity index is 3.46. The van der Waals surface area contributed by atoms with E-state index in [1.165, 1.54) is 6.92 Å². The summed E-state index contributed by atoms with van der Waals surface area (Å²) in [6, 6.07) is 0.971. The van der Waals surface area contributed by atoms with Crippen molar-refractivity contribution in [2.75, 3.05) is 0 Å². The van der Waals surface area contributed by atoms with Gasteiger partial charge in [-0.3, -0.25) is 0 Å². The number of rotatable bonds is 3. The topological polar surface area (TPSA) is 57.5 Å². The van der Waals surface area contributed by atoms with Gasteiger partial charge in [0.2, 0.25) is 0 Å². The molecule has 1 atom stereocenters. The van der Waals surface area contributed by atoms with Crippen molar-refractivity contribution >= 4 is 5.97 Å². The molecular weight excluding hydrogens is 256 g/mol. The van der Waals surface area contributed by atoms with Gasteiger partial charge >= 0.3 is 11.9 Å². The summed E-state index contributed by atoms with van der Waals surface area (Å²) >= 11 is 0. The second kappa shape index (κ2) is 4.24. The van der Waals surface area contributed by atoms with Crippen LogP contribution in [0.25, 0.3) is 0 Å². The standard InChI is InChI=1S/C11H10F4O3/c1-5-3-8(13)6(4-7(5)12)10(2,18)11(14,15)9(16)17/h3-4,18H,1-2H3,(H,16,17). The van der Waals surface area contributed by atoms with E-state index < -0.39 is 34.7 Å². The molecule has 0 heterocycles. The monoisotopic (exact) mass is 266 g/mol. The lowest BCUT2D eigenvalue weighted by Gasteiger charge is -2.30. The van der Waals surface area contributed by atoms with Gasteiger partial charge in [-0.15, -0.1) is 0 Å². The number of carboxylic acid groups (broad SMARTS) is 1. The van der Waals surface area contributed by atoms with Crippen LogP contribution in [0, 0.1) is 18.6 Å². The van der Waals surface area contributed by atoms with Crippen molar-refractivity contribution in [2.24, 2.45) is 0 Å². The first-order valence-corrected chi connectivity index (χ1v) is 4.81. The summed E-state index contributed by atoms with van der Waals surface area (Å²) in [6.07, 6.45) is 0. The Labute approximate surface area is 99.7 Å². The molecule has 0 aliphatic rings. The molecule has 0 saturated heterocycles. The summed E-state index contributed by atoms with van der Waals surface area (Å²) in [5.74, 6) is -9.62. The molecule has 1 aromatic carbocycles. The fourth-order valence-electron chi connectivity index (χ4n) is 1.40. The maximum Gasteiger partial charge on any atom is 0.378 e. The van der Waals surface area contributed by atoms with Crippen LogP contribution in [0.4, 0.5) is 17.6 Å². The lowest BCUT2D eigenvalue weighted by Crippen LogP contribution is -2.49. The Morgan fingerprint density at radius 3 is 2.17 bits per heavy atom. The minimum absolute atomic E-state index is 0.148. The van der Waals surface area contributed by atoms with Gasteiger partial charge in [0.25, 0.3) is 0 Å². The summed E-state index contributed by atoms with van der Waals surface area (Å²) < 4.78 is 53.2. The van der Waals surface area contributed by atoms with Crippen LogP contribution in [0.1, 0.15) is 18.1 Å². The fraction of sp³-hybridized carbons (Fsp3) is 0.364. The third-order valence-electron chi connectivity index (χ3n) is 2.65. The van der Waals surface area contributed by atoms with E-state index >= 15 is 0 Å². The summed E-state index contributed by atoms with van der Waals surface area (Å²) in [5, 5.41) is 17.9. The van der Waals surface area contributed by atoms with Crippen LogP contribution in [0.3, 0.4) is 0 Å². The van der Waals surface area contributed by atoms with Crippen molar-refractivity contribution in [3.63, 3.8) is 0 Å². The highest BCUT2D eigenvalue weighted by molar-refractivity contribution is 5.77. The smallest absolute Gasteiger partial charge is 0.378 e. The Kier molecular flexibility index (Phi) is 3.40. The number of benzene rings is 1. The number of alkyl halides is 2. The molecule has 3 nitrogen and oxygen atoms in total. The van der Waals surface area contributed by atoms with E-state index in [0.717, 1.165) is 0 Å². The molecule has 0 fully saturated rings. The molecule has 0 aliphatic carbocycles. The second-order valence-corrected chi connectivity index (χ2v) is 4.03. The van der Waals surface area contributed by atoms with E-state index in [0.29, 0.717) is 19.1 Å². The maximum absolute atomic E-state index is 13.5. The highest BCUT2D eigenvalue weighted by Crippen LogP contribution is 2.39. The van der Waals surface area contributed by atoms with E-state index in [4.69, 9.17) is 5.11 Å². The van der Waals surface area contributed by atoms with Crippen LogP contribution in [0.15, 0.2) is 12.1 Å². The van der Waals surface area contributed by atoms with Crippen LogP contribution < -0.4 is 0 Å². The van der Waals surface area contributed by atoms with Crippen molar-refractivity contribution in [1.82, 2.24) is 0 Å². The second-order valence-electron chi connectivity index (χ2n) is 4.03. The number of aryl methyl sites for hydroxylation is 1. The fourth-order valence-corrected chi connectivity index (χ4v) is 1.40. The van der Waals surface area contributed by atoms with E-state index in [1.54, 1.807) is 0 Å². The zero-order valence-electron chi connectivity index (χ0n) is 9.47. The molecule has 0 aliphatic heterocycles.